The minimum atomic E-state index is -0.881. The first-order valence-corrected chi connectivity index (χ1v) is 12.1. The van der Waals surface area contributed by atoms with Gasteiger partial charge in [0.1, 0.15) is 18.5 Å². The molecule has 0 amide bonds. The van der Waals surface area contributed by atoms with Gasteiger partial charge in [-0.05, 0) is 17.9 Å². The number of H-pyrrole nitrogens is 1. The lowest BCUT2D eigenvalue weighted by molar-refractivity contribution is 0.0921. The number of aromatic amines is 1. The van der Waals surface area contributed by atoms with Crippen LogP contribution in [0.2, 0.25) is 0 Å². The summed E-state index contributed by atoms with van der Waals surface area (Å²) in [5.74, 6) is 1.53. The number of aryl methyl sites for hydroxylation is 1. The molecule has 0 radical (unpaired) electrons. The van der Waals surface area contributed by atoms with Crippen LogP contribution in [0.5, 0.6) is 5.75 Å². The molecule has 2 N–H and O–H groups in total. The van der Waals surface area contributed by atoms with Gasteiger partial charge in [0.2, 0.25) is 0 Å². The number of hydrogen-bond donors (Lipinski definition) is 2. The number of rotatable bonds is 10. The van der Waals surface area contributed by atoms with Crippen molar-refractivity contribution in [1.82, 2.24) is 19.1 Å². The lowest BCUT2D eigenvalue weighted by Gasteiger charge is -2.16. The molecule has 0 saturated heterocycles. The molecule has 0 aliphatic heterocycles. The molecule has 0 bridgehead atoms. The fourth-order valence-corrected chi connectivity index (χ4v) is 4.78. The molecule has 1 atom stereocenters. The maximum Gasteiger partial charge on any atom is 0.329 e. The highest BCUT2D eigenvalue weighted by atomic mass is 32.2. The molecule has 0 unspecified atom stereocenters. The molecular formula is C24H28N4O4S. The Kier molecular flexibility index (Phi) is 7.20. The average molecular weight is 469 g/mol. The lowest BCUT2D eigenvalue weighted by atomic mass is 10.1. The Labute approximate surface area is 195 Å². The molecule has 4 aromatic rings. The first-order valence-electron chi connectivity index (χ1n) is 11.1. The molecular weight excluding hydrogens is 440 g/mol. The Morgan fingerprint density at radius 2 is 1.94 bits per heavy atom. The molecule has 9 heteroatoms. The molecule has 2 aromatic heterocycles. The van der Waals surface area contributed by atoms with Crippen molar-refractivity contribution in [3.05, 3.63) is 63.3 Å². The summed E-state index contributed by atoms with van der Waals surface area (Å²) in [6.07, 6.45) is 2.35. The van der Waals surface area contributed by atoms with Crippen LogP contribution in [-0.4, -0.2) is 42.7 Å². The topological polar surface area (TPSA) is 102 Å². The van der Waals surface area contributed by atoms with Gasteiger partial charge in [-0.2, -0.15) is 0 Å². The molecule has 174 valence electrons. The zero-order valence-electron chi connectivity index (χ0n) is 18.8. The van der Waals surface area contributed by atoms with Gasteiger partial charge < -0.3 is 14.4 Å². The van der Waals surface area contributed by atoms with Gasteiger partial charge in [0.05, 0.1) is 6.54 Å². The van der Waals surface area contributed by atoms with Gasteiger partial charge in [0.25, 0.3) is 5.56 Å². The van der Waals surface area contributed by atoms with Gasteiger partial charge in [0.15, 0.2) is 16.3 Å². The van der Waals surface area contributed by atoms with Crippen LogP contribution < -0.4 is 16.0 Å². The Bertz CT molecular complexity index is 1370. The van der Waals surface area contributed by atoms with Crippen LogP contribution in [0.3, 0.4) is 0 Å². The number of nitrogens with zero attached hydrogens (tertiary/aromatic N) is 3. The van der Waals surface area contributed by atoms with Crippen LogP contribution in [0.15, 0.2) is 57.2 Å². The van der Waals surface area contributed by atoms with Gasteiger partial charge in [0, 0.05) is 18.2 Å². The quantitative estimate of drug-likeness (QED) is 0.274. The van der Waals surface area contributed by atoms with Crippen molar-refractivity contribution in [2.75, 3.05) is 12.4 Å². The van der Waals surface area contributed by atoms with Crippen molar-refractivity contribution >= 4 is 33.7 Å². The van der Waals surface area contributed by atoms with E-state index in [9.17, 15) is 14.7 Å². The molecule has 2 aromatic carbocycles. The van der Waals surface area contributed by atoms with E-state index in [4.69, 9.17) is 4.74 Å². The number of hydrogen-bond acceptors (Lipinski definition) is 6. The highest BCUT2D eigenvalue weighted by molar-refractivity contribution is 7.99. The van der Waals surface area contributed by atoms with Crippen molar-refractivity contribution in [3.63, 3.8) is 0 Å². The van der Waals surface area contributed by atoms with Crippen LogP contribution in [0.25, 0.3) is 21.9 Å². The summed E-state index contributed by atoms with van der Waals surface area (Å²) in [4.78, 5) is 31.6. The fraction of sp³-hybridized carbons (Fsp3) is 0.375. The zero-order valence-corrected chi connectivity index (χ0v) is 19.6. The van der Waals surface area contributed by atoms with Gasteiger partial charge in [-0.25, -0.2) is 9.78 Å². The number of unbranched alkanes of at least 4 members (excludes halogenated alkanes) is 2. The number of benzene rings is 2. The number of thioether (sulfide) groups is 1. The van der Waals surface area contributed by atoms with Crippen LogP contribution in [-0.2, 0) is 13.6 Å². The number of nitrogens with one attached hydrogen (secondary N) is 1. The molecule has 0 saturated carbocycles. The maximum absolute atomic E-state index is 12.6. The normalized spacial score (nSPS) is 12.5. The summed E-state index contributed by atoms with van der Waals surface area (Å²) in [6.45, 7) is 2.32. The summed E-state index contributed by atoms with van der Waals surface area (Å²) in [6, 6.07) is 13.7. The highest BCUT2D eigenvalue weighted by Gasteiger charge is 2.20. The molecule has 0 spiro atoms. The van der Waals surface area contributed by atoms with Crippen LogP contribution in [0.1, 0.15) is 26.2 Å². The van der Waals surface area contributed by atoms with Crippen molar-refractivity contribution in [1.29, 1.82) is 0 Å². The van der Waals surface area contributed by atoms with Gasteiger partial charge in [-0.15, -0.1) is 0 Å². The summed E-state index contributed by atoms with van der Waals surface area (Å²) in [5, 5.41) is 13.4. The van der Waals surface area contributed by atoms with Crippen molar-refractivity contribution < 1.29 is 9.84 Å². The van der Waals surface area contributed by atoms with Crippen LogP contribution in [0.4, 0.5) is 0 Å². The van der Waals surface area contributed by atoms with Crippen LogP contribution >= 0.6 is 11.8 Å². The monoisotopic (exact) mass is 468 g/mol. The van der Waals surface area contributed by atoms with E-state index in [1.165, 1.54) is 16.3 Å². The van der Waals surface area contributed by atoms with E-state index in [2.05, 4.69) is 16.9 Å². The summed E-state index contributed by atoms with van der Waals surface area (Å²) in [7, 11) is 1.57. The molecule has 0 fully saturated rings. The third-order valence-corrected chi connectivity index (χ3v) is 6.59. The standard InChI is InChI=1S/C24H28N4O4S/c1-3-4-7-13-33-24-25-21-20(22(30)26-23(31)27(21)2)28(24)14-17(29)15-32-19-12-8-10-16-9-5-6-11-18(16)19/h5-6,8-12,17,29H,3-4,7,13-15H2,1-2H3,(H,26,30,31)/t17-/m1/s1. The van der Waals surface area contributed by atoms with E-state index in [0.717, 1.165) is 35.8 Å². The number of aromatic nitrogens is 4. The van der Waals surface area contributed by atoms with E-state index >= 15 is 0 Å². The third kappa shape index (κ3) is 4.99. The SMILES string of the molecule is CCCCCSc1nc2c(c(=O)[nH]c(=O)n2C)n1C[C@@H](O)COc1cccc2ccccc12. The maximum atomic E-state index is 12.6. The molecule has 2 heterocycles. The molecule has 8 nitrogen and oxygen atoms in total. The summed E-state index contributed by atoms with van der Waals surface area (Å²) >= 11 is 1.53. The largest absolute Gasteiger partial charge is 0.490 e. The van der Waals surface area contributed by atoms with Crippen molar-refractivity contribution in [3.8, 4) is 5.75 Å². The molecule has 4 rings (SSSR count). The molecule has 33 heavy (non-hydrogen) atoms. The Morgan fingerprint density at radius 3 is 2.76 bits per heavy atom. The minimum absolute atomic E-state index is 0.0529. The number of aliphatic hydroxyl groups is 1. The second kappa shape index (κ2) is 10.3. The number of aliphatic hydroxyl groups excluding tert-OH is 1. The second-order valence-corrected chi connectivity index (χ2v) is 9.06. The minimum Gasteiger partial charge on any atom is -0.490 e. The number of fused-ring (bicyclic) bond motifs is 2. The predicted octanol–water partition coefficient (Wildman–Crippen LogP) is 3.30. The van der Waals surface area contributed by atoms with E-state index in [0.29, 0.717) is 16.6 Å². The Hall–Kier alpha value is -3.04. The van der Waals surface area contributed by atoms with Gasteiger partial charge in [-0.1, -0.05) is 67.9 Å². The van der Waals surface area contributed by atoms with Gasteiger partial charge >= 0.3 is 5.69 Å². The summed E-state index contributed by atoms with van der Waals surface area (Å²) < 4.78 is 8.95. The number of imidazole rings is 1. The Balaban J connectivity index is 1.58. The lowest BCUT2D eigenvalue weighted by Crippen LogP contribution is -2.30. The number of ether oxygens (including phenoxy) is 1. The molecule has 0 aliphatic carbocycles. The van der Waals surface area contributed by atoms with Crippen molar-refractivity contribution in [2.24, 2.45) is 7.05 Å². The smallest absolute Gasteiger partial charge is 0.329 e. The van der Waals surface area contributed by atoms with E-state index in [-0.39, 0.29) is 18.7 Å². The van der Waals surface area contributed by atoms with Gasteiger partial charge in [-0.3, -0.25) is 14.3 Å². The predicted molar refractivity (Wildman–Crippen MR) is 131 cm³/mol. The first kappa shape index (κ1) is 23.1. The van der Waals surface area contributed by atoms with Crippen molar-refractivity contribution in [2.45, 2.75) is 44.0 Å². The fourth-order valence-electron chi connectivity index (χ4n) is 3.78. The van der Waals surface area contributed by atoms with E-state index in [1.807, 2.05) is 42.5 Å². The third-order valence-electron chi connectivity index (χ3n) is 5.53. The second-order valence-electron chi connectivity index (χ2n) is 7.99. The van der Waals surface area contributed by atoms with E-state index in [1.54, 1.807) is 11.6 Å². The summed E-state index contributed by atoms with van der Waals surface area (Å²) in [5.41, 5.74) is -0.439. The van der Waals surface area contributed by atoms with Crippen LogP contribution in [0, 0.1) is 0 Å². The first-order chi connectivity index (χ1) is 16.0. The average Bonchev–Trinajstić information content (AvgIpc) is 3.17. The van der Waals surface area contributed by atoms with E-state index < -0.39 is 17.4 Å². The molecule has 0 aliphatic rings. The highest BCUT2D eigenvalue weighted by Crippen LogP contribution is 2.26. The zero-order chi connectivity index (χ0) is 23.4. The Morgan fingerprint density at radius 1 is 1.15 bits per heavy atom.